The third-order valence-corrected chi connectivity index (χ3v) is 3.46. The average Bonchev–Trinajstić information content (AvgIpc) is 2.48. The summed E-state index contributed by atoms with van der Waals surface area (Å²) in [6, 6.07) is 9.67. The molecule has 0 amide bonds. The van der Waals surface area contributed by atoms with Gasteiger partial charge in [0.1, 0.15) is 11.5 Å². The molecule has 1 aromatic carbocycles. The predicted molar refractivity (Wildman–Crippen MR) is 87.3 cm³/mol. The van der Waals surface area contributed by atoms with Crippen molar-refractivity contribution in [1.82, 2.24) is 10.3 Å². The molecule has 0 aliphatic heterocycles. The van der Waals surface area contributed by atoms with Gasteiger partial charge in [0, 0.05) is 22.8 Å². The summed E-state index contributed by atoms with van der Waals surface area (Å²) in [5.74, 6) is 1.58. The summed E-state index contributed by atoms with van der Waals surface area (Å²) in [6.45, 7) is 7.80. The smallest absolute Gasteiger partial charge is 0.148 e. The lowest BCUT2D eigenvalue weighted by Gasteiger charge is -2.14. The van der Waals surface area contributed by atoms with Crippen LogP contribution in [-0.2, 0) is 13.0 Å². The molecule has 0 atom stereocenters. The summed E-state index contributed by atoms with van der Waals surface area (Å²) in [7, 11) is 0. The van der Waals surface area contributed by atoms with Crippen LogP contribution in [0.3, 0.4) is 0 Å². The molecule has 1 heterocycles. The molecule has 0 bridgehead atoms. The zero-order chi connectivity index (χ0) is 15.2. The van der Waals surface area contributed by atoms with E-state index < -0.39 is 0 Å². The number of aromatic nitrogens is 1. The van der Waals surface area contributed by atoms with E-state index in [1.165, 1.54) is 0 Å². The molecule has 112 valence electrons. The van der Waals surface area contributed by atoms with Gasteiger partial charge in [0.2, 0.25) is 0 Å². The molecule has 0 unspecified atom stereocenters. The second-order valence-electron chi connectivity index (χ2n) is 4.89. The number of nitrogens with zero attached hydrogens (tertiary/aromatic N) is 1. The second-order valence-corrected chi connectivity index (χ2v) is 5.32. The van der Waals surface area contributed by atoms with E-state index >= 15 is 0 Å². The molecule has 0 aliphatic carbocycles. The minimum atomic E-state index is 0.670. The fourth-order valence-corrected chi connectivity index (χ4v) is 2.25. The number of hydrogen-bond donors (Lipinski definition) is 1. The first-order valence-electron chi connectivity index (χ1n) is 7.27. The molecule has 1 aromatic heterocycles. The van der Waals surface area contributed by atoms with Crippen LogP contribution in [0.25, 0.3) is 0 Å². The van der Waals surface area contributed by atoms with Gasteiger partial charge in [-0.1, -0.05) is 31.5 Å². The number of pyridine rings is 1. The minimum absolute atomic E-state index is 0.670. The van der Waals surface area contributed by atoms with Crippen LogP contribution >= 0.6 is 11.6 Å². The summed E-state index contributed by atoms with van der Waals surface area (Å²) >= 11 is 6.10. The highest BCUT2D eigenvalue weighted by Crippen LogP contribution is 2.30. The number of ether oxygens (including phenoxy) is 1. The first-order valence-corrected chi connectivity index (χ1v) is 7.65. The Morgan fingerprint density at radius 1 is 1.14 bits per heavy atom. The highest BCUT2D eigenvalue weighted by Gasteiger charge is 2.10. The van der Waals surface area contributed by atoms with Gasteiger partial charge in [0.05, 0.1) is 5.69 Å². The van der Waals surface area contributed by atoms with Crippen molar-refractivity contribution in [3.05, 3.63) is 52.3 Å². The number of aryl methyl sites for hydroxylation is 2. The van der Waals surface area contributed by atoms with Crippen LogP contribution in [0.15, 0.2) is 30.3 Å². The van der Waals surface area contributed by atoms with Crippen molar-refractivity contribution in [1.29, 1.82) is 0 Å². The molecule has 0 saturated carbocycles. The summed E-state index contributed by atoms with van der Waals surface area (Å²) in [6.07, 6.45) is 0.833. The normalized spacial score (nSPS) is 10.7. The Morgan fingerprint density at radius 2 is 1.95 bits per heavy atom. The molecule has 1 N–H and O–H groups in total. The fourth-order valence-electron chi connectivity index (χ4n) is 2.09. The van der Waals surface area contributed by atoms with Gasteiger partial charge in [0.25, 0.3) is 0 Å². The Morgan fingerprint density at radius 3 is 2.67 bits per heavy atom. The summed E-state index contributed by atoms with van der Waals surface area (Å²) in [5, 5.41) is 3.98. The highest BCUT2D eigenvalue weighted by molar-refractivity contribution is 6.30. The zero-order valence-electron chi connectivity index (χ0n) is 12.7. The number of benzene rings is 1. The Balaban J connectivity index is 2.31. The van der Waals surface area contributed by atoms with Crippen molar-refractivity contribution in [3.63, 3.8) is 0 Å². The number of nitrogens with one attached hydrogen (secondary N) is 1. The van der Waals surface area contributed by atoms with Crippen molar-refractivity contribution in [2.45, 2.75) is 33.7 Å². The van der Waals surface area contributed by atoms with Crippen LogP contribution in [-0.4, -0.2) is 11.5 Å². The fraction of sp³-hybridized carbons (Fsp3) is 0.353. The van der Waals surface area contributed by atoms with Gasteiger partial charge >= 0.3 is 0 Å². The van der Waals surface area contributed by atoms with Gasteiger partial charge in [-0.25, -0.2) is 0 Å². The SMILES string of the molecule is CCNCc1ccc(Cl)cc1Oc1ccc(C)nc1CC. The highest BCUT2D eigenvalue weighted by atomic mass is 35.5. The first kappa shape index (κ1) is 15.8. The van der Waals surface area contributed by atoms with Crippen molar-refractivity contribution in [3.8, 4) is 11.5 Å². The van der Waals surface area contributed by atoms with Crippen LogP contribution in [0.1, 0.15) is 30.8 Å². The Bertz CT molecular complexity index is 614. The van der Waals surface area contributed by atoms with Crippen LogP contribution in [0.4, 0.5) is 0 Å². The van der Waals surface area contributed by atoms with E-state index in [0.29, 0.717) is 5.02 Å². The van der Waals surface area contributed by atoms with E-state index in [0.717, 1.165) is 48.0 Å². The van der Waals surface area contributed by atoms with Crippen molar-refractivity contribution >= 4 is 11.6 Å². The van der Waals surface area contributed by atoms with Crippen LogP contribution in [0.2, 0.25) is 5.02 Å². The quantitative estimate of drug-likeness (QED) is 0.852. The summed E-state index contributed by atoms with van der Waals surface area (Å²) in [5.41, 5.74) is 3.05. The summed E-state index contributed by atoms with van der Waals surface area (Å²) < 4.78 is 6.08. The van der Waals surface area contributed by atoms with E-state index in [1.54, 1.807) is 0 Å². The molecule has 3 nitrogen and oxygen atoms in total. The molecular weight excluding hydrogens is 284 g/mol. The second kappa shape index (κ2) is 7.43. The average molecular weight is 305 g/mol. The standard InChI is InChI=1S/C17H21ClN2O/c1-4-15-16(9-6-12(3)20-15)21-17-10-14(18)8-7-13(17)11-19-5-2/h6-10,19H,4-5,11H2,1-3H3. The lowest BCUT2D eigenvalue weighted by Crippen LogP contribution is -2.12. The predicted octanol–water partition coefficient (Wildman–Crippen LogP) is 4.51. The molecule has 21 heavy (non-hydrogen) atoms. The molecule has 0 aliphatic rings. The molecule has 0 fully saturated rings. The van der Waals surface area contributed by atoms with Crippen molar-refractivity contribution in [2.75, 3.05) is 6.54 Å². The van der Waals surface area contributed by atoms with Crippen LogP contribution in [0.5, 0.6) is 11.5 Å². The third-order valence-electron chi connectivity index (χ3n) is 3.22. The number of rotatable bonds is 6. The maximum atomic E-state index is 6.10. The molecule has 0 saturated heterocycles. The topological polar surface area (TPSA) is 34.1 Å². The Kier molecular flexibility index (Phi) is 5.59. The van der Waals surface area contributed by atoms with Crippen molar-refractivity contribution < 1.29 is 4.74 Å². The van der Waals surface area contributed by atoms with Crippen LogP contribution < -0.4 is 10.1 Å². The largest absolute Gasteiger partial charge is 0.455 e. The van der Waals surface area contributed by atoms with Gasteiger partial charge in [-0.3, -0.25) is 4.98 Å². The molecule has 2 rings (SSSR count). The lowest BCUT2D eigenvalue weighted by atomic mass is 10.2. The zero-order valence-corrected chi connectivity index (χ0v) is 13.5. The molecular formula is C17H21ClN2O. The third kappa shape index (κ3) is 4.19. The molecule has 0 spiro atoms. The van der Waals surface area contributed by atoms with Gasteiger partial charge < -0.3 is 10.1 Å². The lowest BCUT2D eigenvalue weighted by molar-refractivity contribution is 0.464. The van der Waals surface area contributed by atoms with Crippen LogP contribution in [0, 0.1) is 6.92 Å². The molecule has 0 radical (unpaired) electrons. The number of hydrogen-bond acceptors (Lipinski definition) is 3. The molecule has 4 heteroatoms. The van der Waals surface area contributed by atoms with E-state index in [4.69, 9.17) is 16.3 Å². The Hall–Kier alpha value is -1.58. The number of halogens is 1. The van der Waals surface area contributed by atoms with E-state index in [2.05, 4.69) is 24.1 Å². The van der Waals surface area contributed by atoms with Crippen molar-refractivity contribution in [2.24, 2.45) is 0 Å². The monoisotopic (exact) mass is 304 g/mol. The Labute approximate surface area is 131 Å². The van der Waals surface area contributed by atoms with Gasteiger partial charge in [-0.2, -0.15) is 0 Å². The van der Waals surface area contributed by atoms with E-state index in [9.17, 15) is 0 Å². The first-order chi connectivity index (χ1) is 10.1. The summed E-state index contributed by atoms with van der Waals surface area (Å²) in [4.78, 5) is 4.53. The molecule has 2 aromatic rings. The maximum Gasteiger partial charge on any atom is 0.148 e. The minimum Gasteiger partial charge on any atom is -0.455 e. The van der Waals surface area contributed by atoms with Gasteiger partial charge in [0.15, 0.2) is 0 Å². The van der Waals surface area contributed by atoms with E-state index in [-0.39, 0.29) is 0 Å². The maximum absolute atomic E-state index is 6.10. The van der Waals surface area contributed by atoms with E-state index in [1.807, 2.05) is 37.3 Å². The van der Waals surface area contributed by atoms with Gasteiger partial charge in [-0.05, 0) is 44.2 Å². The van der Waals surface area contributed by atoms with Gasteiger partial charge in [-0.15, -0.1) is 0 Å².